The van der Waals surface area contributed by atoms with Gasteiger partial charge in [0.1, 0.15) is 0 Å². The van der Waals surface area contributed by atoms with Gasteiger partial charge < -0.3 is 10.1 Å². The molecule has 0 bridgehead atoms. The second-order valence-electron chi connectivity index (χ2n) is 3.84. The number of halogens is 2. The van der Waals surface area contributed by atoms with Crippen LogP contribution in [0.25, 0.3) is 0 Å². The molecular weight excluding hydrogens is 285 g/mol. The SMILES string of the molecule is CCNCCCCCOc1cc(Br)ccc1F. The Kier molecular flexibility index (Phi) is 7.21. The summed E-state index contributed by atoms with van der Waals surface area (Å²) in [5.41, 5.74) is 0. The van der Waals surface area contributed by atoms with E-state index in [4.69, 9.17) is 4.74 Å². The van der Waals surface area contributed by atoms with Gasteiger partial charge in [0, 0.05) is 4.47 Å². The van der Waals surface area contributed by atoms with E-state index in [1.54, 1.807) is 12.1 Å². The zero-order chi connectivity index (χ0) is 12.5. The number of ether oxygens (including phenoxy) is 1. The predicted octanol–water partition coefficient (Wildman–Crippen LogP) is 3.75. The molecule has 0 saturated heterocycles. The van der Waals surface area contributed by atoms with Gasteiger partial charge in [0.15, 0.2) is 11.6 Å². The summed E-state index contributed by atoms with van der Waals surface area (Å²) in [5.74, 6) is 0.0203. The second-order valence-corrected chi connectivity index (χ2v) is 4.75. The minimum Gasteiger partial charge on any atom is -0.490 e. The Morgan fingerprint density at radius 2 is 2.12 bits per heavy atom. The summed E-state index contributed by atoms with van der Waals surface area (Å²) in [6.45, 7) is 4.72. The van der Waals surface area contributed by atoms with Crippen molar-refractivity contribution in [3.63, 3.8) is 0 Å². The molecule has 2 nitrogen and oxygen atoms in total. The first-order valence-corrected chi connectivity index (χ1v) is 6.82. The first kappa shape index (κ1) is 14.5. The van der Waals surface area contributed by atoms with Crippen molar-refractivity contribution in [1.82, 2.24) is 5.32 Å². The van der Waals surface area contributed by atoms with Gasteiger partial charge in [-0.2, -0.15) is 0 Å². The van der Waals surface area contributed by atoms with Crippen molar-refractivity contribution in [1.29, 1.82) is 0 Å². The molecule has 17 heavy (non-hydrogen) atoms. The molecule has 0 aromatic heterocycles. The van der Waals surface area contributed by atoms with Crippen LogP contribution in [-0.2, 0) is 0 Å². The van der Waals surface area contributed by atoms with Crippen molar-refractivity contribution in [2.45, 2.75) is 26.2 Å². The summed E-state index contributed by atoms with van der Waals surface area (Å²) >= 11 is 3.29. The summed E-state index contributed by atoms with van der Waals surface area (Å²) in [4.78, 5) is 0. The summed E-state index contributed by atoms with van der Waals surface area (Å²) in [7, 11) is 0. The third-order valence-corrected chi connectivity index (χ3v) is 2.89. The lowest BCUT2D eigenvalue weighted by atomic mass is 10.2. The molecule has 96 valence electrons. The van der Waals surface area contributed by atoms with Crippen LogP contribution in [0, 0.1) is 5.82 Å². The lowest BCUT2D eigenvalue weighted by Crippen LogP contribution is -2.14. The molecule has 1 aromatic rings. The van der Waals surface area contributed by atoms with Crippen LogP contribution in [0.1, 0.15) is 26.2 Å². The Morgan fingerprint density at radius 1 is 1.29 bits per heavy atom. The van der Waals surface area contributed by atoms with E-state index in [0.29, 0.717) is 12.4 Å². The third kappa shape index (κ3) is 6.03. The molecule has 0 heterocycles. The van der Waals surface area contributed by atoms with E-state index in [0.717, 1.165) is 36.8 Å². The molecule has 1 N–H and O–H groups in total. The topological polar surface area (TPSA) is 21.3 Å². The van der Waals surface area contributed by atoms with Gasteiger partial charge >= 0.3 is 0 Å². The second kappa shape index (κ2) is 8.48. The standard InChI is InChI=1S/C13H19BrFNO/c1-2-16-8-4-3-5-9-17-13-10-11(14)6-7-12(13)15/h6-7,10,16H,2-5,8-9H2,1H3. The van der Waals surface area contributed by atoms with Gasteiger partial charge in [0.05, 0.1) is 6.61 Å². The molecule has 1 rings (SSSR count). The Labute approximate surface area is 111 Å². The fourth-order valence-corrected chi connectivity index (χ4v) is 1.82. The largest absolute Gasteiger partial charge is 0.490 e. The van der Waals surface area contributed by atoms with Crippen molar-refractivity contribution in [3.05, 3.63) is 28.5 Å². The van der Waals surface area contributed by atoms with Crippen LogP contribution in [0.15, 0.2) is 22.7 Å². The van der Waals surface area contributed by atoms with Crippen LogP contribution in [0.2, 0.25) is 0 Å². The lowest BCUT2D eigenvalue weighted by molar-refractivity contribution is 0.290. The highest BCUT2D eigenvalue weighted by molar-refractivity contribution is 9.10. The van der Waals surface area contributed by atoms with Crippen LogP contribution in [0.3, 0.4) is 0 Å². The van der Waals surface area contributed by atoms with Crippen LogP contribution >= 0.6 is 15.9 Å². The molecule has 4 heteroatoms. The maximum Gasteiger partial charge on any atom is 0.165 e. The predicted molar refractivity (Wildman–Crippen MR) is 72.0 cm³/mol. The van der Waals surface area contributed by atoms with Gasteiger partial charge in [-0.1, -0.05) is 22.9 Å². The molecule has 0 aliphatic rings. The van der Waals surface area contributed by atoms with E-state index in [1.807, 2.05) is 0 Å². The van der Waals surface area contributed by atoms with Crippen LogP contribution in [-0.4, -0.2) is 19.7 Å². The van der Waals surface area contributed by atoms with Crippen LogP contribution in [0.5, 0.6) is 5.75 Å². The summed E-state index contributed by atoms with van der Waals surface area (Å²) in [6.07, 6.45) is 3.19. The van der Waals surface area contributed by atoms with Crippen LogP contribution in [0.4, 0.5) is 4.39 Å². The third-order valence-electron chi connectivity index (χ3n) is 2.40. The average Bonchev–Trinajstić information content (AvgIpc) is 2.32. The van der Waals surface area contributed by atoms with Gasteiger partial charge in [-0.3, -0.25) is 0 Å². The molecule has 0 radical (unpaired) electrons. The van der Waals surface area contributed by atoms with E-state index in [1.165, 1.54) is 6.07 Å². The Balaban J connectivity index is 2.15. The highest BCUT2D eigenvalue weighted by atomic mass is 79.9. The van der Waals surface area contributed by atoms with Crippen molar-refractivity contribution >= 4 is 15.9 Å². The Hall–Kier alpha value is -0.610. The maximum absolute atomic E-state index is 13.3. The molecule has 0 spiro atoms. The molecule has 0 unspecified atom stereocenters. The highest BCUT2D eigenvalue weighted by Gasteiger charge is 2.03. The summed E-state index contributed by atoms with van der Waals surface area (Å²) < 4.78 is 19.5. The van der Waals surface area contributed by atoms with Crippen molar-refractivity contribution in [3.8, 4) is 5.75 Å². The normalized spacial score (nSPS) is 10.5. The maximum atomic E-state index is 13.3. The lowest BCUT2D eigenvalue weighted by Gasteiger charge is -2.07. The van der Waals surface area contributed by atoms with Gasteiger partial charge in [-0.15, -0.1) is 0 Å². The Bertz CT molecular complexity index is 333. The fraction of sp³-hybridized carbons (Fsp3) is 0.538. The number of benzene rings is 1. The highest BCUT2D eigenvalue weighted by Crippen LogP contribution is 2.22. The molecule has 0 saturated carbocycles. The zero-order valence-corrected chi connectivity index (χ0v) is 11.7. The van der Waals surface area contributed by atoms with Crippen LogP contribution < -0.4 is 10.1 Å². The van der Waals surface area contributed by atoms with Crippen molar-refractivity contribution < 1.29 is 9.13 Å². The fourth-order valence-electron chi connectivity index (χ4n) is 1.48. The molecule has 0 fully saturated rings. The molecule has 1 aromatic carbocycles. The van der Waals surface area contributed by atoms with E-state index in [2.05, 4.69) is 28.2 Å². The number of rotatable bonds is 8. The minimum absolute atomic E-state index is 0.305. The summed E-state index contributed by atoms with van der Waals surface area (Å²) in [5, 5.41) is 3.27. The molecule has 0 amide bonds. The molecule has 0 aliphatic heterocycles. The minimum atomic E-state index is -0.305. The molecule has 0 atom stereocenters. The van der Waals surface area contributed by atoms with E-state index >= 15 is 0 Å². The first-order chi connectivity index (χ1) is 8.24. The molecular formula is C13H19BrFNO. The van der Waals surface area contributed by atoms with E-state index < -0.39 is 0 Å². The number of unbranched alkanes of at least 4 members (excludes halogenated alkanes) is 2. The smallest absolute Gasteiger partial charge is 0.165 e. The Morgan fingerprint density at radius 3 is 2.88 bits per heavy atom. The number of nitrogens with one attached hydrogen (secondary N) is 1. The monoisotopic (exact) mass is 303 g/mol. The zero-order valence-electron chi connectivity index (χ0n) is 10.1. The van der Waals surface area contributed by atoms with Crippen molar-refractivity contribution in [2.24, 2.45) is 0 Å². The van der Waals surface area contributed by atoms with E-state index in [9.17, 15) is 4.39 Å². The molecule has 0 aliphatic carbocycles. The van der Waals surface area contributed by atoms with Gasteiger partial charge in [0.25, 0.3) is 0 Å². The average molecular weight is 304 g/mol. The van der Waals surface area contributed by atoms with Gasteiger partial charge in [0.2, 0.25) is 0 Å². The number of hydrogen-bond donors (Lipinski definition) is 1. The number of hydrogen-bond acceptors (Lipinski definition) is 2. The van der Waals surface area contributed by atoms with Crippen molar-refractivity contribution in [2.75, 3.05) is 19.7 Å². The van der Waals surface area contributed by atoms with Gasteiger partial charge in [-0.25, -0.2) is 4.39 Å². The summed E-state index contributed by atoms with van der Waals surface area (Å²) in [6, 6.07) is 4.73. The quantitative estimate of drug-likeness (QED) is 0.739. The first-order valence-electron chi connectivity index (χ1n) is 6.02. The van der Waals surface area contributed by atoms with E-state index in [-0.39, 0.29) is 5.82 Å². The van der Waals surface area contributed by atoms with Gasteiger partial charge in [-0.05, 0) is 50.6 Å².